The lowest BCUT2D eigenvalue weighted by Gasteiger charge is -2.15. The Hall–Kier alpha value is -2.41. The molecule has 1 aliphatic rings. The second-order valence-electron chi connectivity index (χ2n) is 5.75. The Labute approximate surface area is 135 Å². The number of rotatable bonds is 6. The molecule has 0 fully saturated rings. The summed E-state index contributed by atoms with van der Waals surface area (Å²) in [5.41, 5.74) is 1.16. The summed E-state index contributed by atoms with van der Waals surface area (Å²) in [6.45, 7) is 5.07. The van der Waals surface area contributed by atoms with Crippen molar-refractivity contribution in [3.05, 3.63) is 29.3 Å². The van der Waals surface area contributed by atoms with Crippen LogP contribution in [0.2, 0.25) is 0 Å². The van der Waals surface area contributed by atoms with Gasteiger partial charge in [0.05, 0.1) is 17.7 Å². The monoisotopic (exact) mass is 319 g/mol. The number of amides is 4. The minimum absolute atomic E-state index is 0.196. The molecule has 7 heteroatoms. The van der Waals surface area contributed by atoms with E-state index in [1.54, 1.807) is 19.2 Å². The minimum atomic E-state index is -0.391. The van der Waals surface area contributed by atoms with Crippen LogP contribution >= 0.6 is 0 Å². The number of fused-ring (bicyclic) bond motifs is 1. The number of carbonyl (C=O) groups excluding carboxylic acids is 3. The summed E-state index contributed by atoms with van der Waals surface area (Å²) < 4.78 is 4.84. The molecule has 0 spiro atoms. The number of nitrogens with one attached hydrogen (secondary N) is 2. The molecule has 0 aromatic heterocycles. The Morgan fingerprint density at radius 1 is 1.22 bits per heavy atom. The van der Waals surface area contributed by atoms with Crippen LogP contribution in [0.5, 0.6) is 0 Å². The first-order valence-electron chi connectivity index (χ1n) is 7.48. The summed E-state index contributed by atoms with van der Waals surface area (Å²) in [7, 11) is 1.55. The van der Waals surface area contributed by atoms with Crippen LogP contribution < -0.4 is 10.6 Å². The van der Waals surface area contributed by atoms with Gasteiger partial charge in [-0.15, -0.1) is 0 Å². The Kier molecular flexibility index (Phi) is 5.33. The van der Waals surface area contributed by atoms with Crippen LogP contribution in [-0.2, 0) is 4.74 Å². The van der Waals surface area contributed by atoms with Gasteiger partial charge in [0, 0.05) is 25.9 Å². The van der Waals surface area contributed by atoms with Crippen LogP contribution in [0.25, 0.3) is 0 Å². The molecule has 0 saturated heterocycles. The quantitative estimate of drug-likeness (QED) is 0.617. The molecule has 0 radical (unpaired) electrons. The van der Waals surface area contributed by atoms with Gasteiger partial charge in [-0.05, 0) is 24.1 Å². The fourth-order valence-corrected chi connectivity index (χ4v) is 2.34. The van der Waals surface area contributed by atoms with Gasteiger partial charge in [0.2, 0.25) is 0 Å². The van der Waals surface area contributed by atoms with Crippen LogP contribution in [0.3, 0.4) is 0 Å². The van der Waals surface area contributed by atoms with Crippen molar-refractivity contribution in [2.45, 2.75) is 13.8 Å². The molecule has 0 bridgehead atoms. The zero-order valence-electron chi connectivity index (χ0n) is 13.5. The number of anilines is 1. The molecule has 2 rings (SSSR count). The predicted molar refractivity (Wildman–Crippen MR) is 85.5 cm³/mol. The highest BCUT2D eigenvalue weighted by molar-refractivity contribution is 6.21. The number of urea groups is 1. The van der Waals surface area contributed by atoms with Gasteiger partial charge in [-0.2, -0.15) is 0 Å². The molecular formula is C16H21N3O4. The third-order valence-electron chi connectivity index (χ3n) is 3.37. The van der Waals surface area contributed by atoms with Crippen LogP contribution in [0.15, 0.2) is 18.2 Å². The zero-order valence-corrected chi connectivity index (χ0v) is 13.5. The summed E-state index contributed by atoms with van der Waals surface area (Å²) in [5.74, 6) is -0.404. The molecule has 7 nitrogen and oxygen atoms in total. The van der Waals surface area contributed by atoms with Gasteiger partial charge in [-0.3, -0.25) is 14.5 Å². The fraction of sp³-hybridized carbons (Fsp3) is 0.438. The number of nitrogens with zero attached hydrogens (tertiary/aromatic N) is 1. The van der Waals surface area contributed by atoms with Crippen molar-refractivity contribution >= 4 is 23.5 Å². The second-order valence-corrected chi connectivity index (χ2v) is 5.75. The lowest BCUT2D eigenvalue weighted by Crippen LogP contribution is -2.33. The maximum absolute atomic E-state index is 12.4. The first-order valence-corrected chi connectivity index (χ1v) is 7.48. The topological polar surface area (TPSA) is 87.7 Å². The van der Waals surface area contributed by atoms with E-state index in [1.165, 1.54) is 11.0 Å². The molecule has 4 amide bonds. The lowest BCUT2D eigenvalue weighted by molar-refractivity contribution is 0.0636. The van der Waals surface area contributed by atoms with Gasteiger partial charge in [0.25, 0.3) is 11.8 Å². The van der Waals surface area contributed by atoms with Gasteiger partial charge >= 0.3 is 6.03 Å². The summed E-state index contributed by atoms with van der Waals surface area (Å²) in [6, 6.07) is 4.32. The standard InChI is InChI=1S/C16H21N3O4/c1-10(2)9-19-14(20)12-5-4-11(8-13(12)15(19)21)18-16(22)17-6-7-23-3/h4-5,8,10H,6-7,9H2,1-3H3,(H2,17,18,22). The Morgan fingerprint density at radius 2 is 1.91 bits per heavy atom. The van der Waals surface area contributed by atoms with E-state index in [1.807, 2.05) is 13.8 Å². The minimum Gasteiger partial charge on any atom is -0.383 e. The zero-order chi connectivity index (χ0) is 17.0. The van der Waals surface area contributed by atoms with E-state index >= 15 is 0 Å². The molecule has 23 heavy (non-hydrogen) atoms. The van der Waals surface area contributed by atoms with E-state index in [9.17, 15) is 14.4 Å². The van der Waals surface area contributed by atoms with Crippen molar-refractivity contribution < 1.29 is 19.1 Å². The Bertz CT molecular complexity index is 628. The number of ether oxygens (including phenoxy) is 1. The smallest absolute Gasteiger partial charge is 0.319 e. The van der Waals surface area contributed by atoms with Crippen LogP contribution in [0.4, 0.5) is 10.5 Å². The van der Waals surface area contributed by atoms with Gasteiger partial charge in [-0.1, -0.05) is 13.8 Å². The van der Waals surface area contributed by atoms with Crippen molar-refractivity contribution in [1.82, 2.24) is 10.2 Å². The molecule has 1 heterocycles. The fourth-order valence-electron chi connectivity index (χ4n) is 2.34. The van der Waals surface area contributed by atoms with E-state index in [0.717, 1.165) is 0 Å². The average Bonchev–Trinajstić information content (AvgIpc) is 2.72. The largest absolute Gasteiger partial charge is 0.383 e. The maximum Gasteiger partial charge on any atom is 0.319 e. The number of hydrogen-bond donors (Lipinski definition) is 2. The Morgan fingerprint density at radius 3 is 2.57 bits per heavy atom. The highest BCUT2D eigenvalue weighted by Gasteiger charge is 2.35. The van der Waals surface area contributed by atoms with E-state index < -0.39 is 6.03 Å². The predicted octanol–water partition coefficient (Wildman–Crippen LogP) is 1.71. The summed E-state index contributed by atoms with van der Waals surface area (Å²) in [5, 5.41) is 5.25. The van der Waals surface area contributed by atoms with Crippen LogP contribution in [-0.4, -0.2) is 49.6 Å². The van der Waals surface area contributed by atoms with Crippen molar-refractivity contribution in [1.29, 1.82) is 0 Å². The van der Waals surface area contributed by atoms with Crippen molar-refractivity contribution in [2.75, 3.05) is 32.1 Å². The summed E-state index contributed by atoms with van der Waals surface area (Å²) in [4.78, 5) is 37.5. The molecule has 1 aromatic rings. The number of hydrogen-bond acceptors (Lipinski definition) is 4. The van der Waals surface area contributed by atoms with E-state index in [2.05, 4.69) is 10.6 Å². The first-order chi connectivity index (χ1) is 10.9. The number of carbonyl (C=O) groups is 3. The van der Waals surface area contributed by atoms with Gasteiger partial charge in [-0.25, -0.2) is 4.79 Å². The molecule has 124 valence electrons. The van der Waals surface area contributed by atoms with Crippen molar-refractivity contribution in [2.24, 2.45) is 5.92 Å². The number of benzene rings is 1. The van der Waals surface area contributed by atoms with Gasteiger partial charge in [0.15, 0.2) is 0 Å². The average molecular weight is 319 g/mol. The number of methoxy groups -OCH3 is 1. The third-order valence-corrected chi connectivity index (χ3v) is 3.37. The summed E-state index contributed by atoms with van der Waals surface area (Å²) >= 11 is 0. The first kappa shape index (κ1) is 17.0. The molecule has 2 N–H and O–H groups in total. The van der Waals surface area contributed by atoms with E-state index in [-0.39, 0.29) is 17.7 Å². The molecule has 1 aliphatic heterocycles. The van der Waals surface area contributed by atoms with E-state index in [0.29, 0.717) is 36.5 Å². The highest BCUT2D eigenvalue weighted by Crippen LogP contribution is 2.26. The van der Waals surface area contributed by atoms with E-state index in [4.69, 9.17) is 4.74 Å². The molecule has 0 unspecified atom stereocenters. The lowest BCUT2D eigenvalue weighted by atomic mass is 10.1. The second kappa shape index (κ2) is 7.23. The number of imide groups is 1. The normalized spacial score (nSPS) is 13.5. The van der Waals surface area contributed by atoms with Gasteiger partial charge < -0.3 is 15.4 Å². The van der Waals surface area contributed by atoms with Crippen molar-refractivity contribution in [3.63, 3.8) is 0 Å². The molecule has 0 aliphatic carbocycles. The molecule has 0 saturated carbocycles. The molecule has 1 aromatic carbocycles. The summed E-state index contributed by atoms with van der Waals surface area (Å²) in [6.07, 6.45) is 0. The molecular weight excluding hydrogens is 298 g/mol. The SMILES string of the molecule is COCCNC(=O)Nc1ccc2c(c1)C(=O)N(CC(C)C)C2=O. The van der Waals surface area contributed by atoms with Crippen LogP contribution in [0.1, 0.15) is 34.6 Å². The highest BCUT2D eigenvalue weighted by atomic mass is 16.5. The van der Waals surface area contributed by atoms with Gasteiger partial charge in [0.1, 0.15) is 0 Å². The maximum atomic E-state index is 12.4. The molecule has 0 atom stereocenters. The third kappa shape index (κ3) is 3.87. The van der Waals surface area contributed by atoms with Crippen LogP contribution in [0, 0.1) is 5.92 Å². The van der Waals surface area contributed by atoms with Crippen molar-refractivity contribution in [3.8, 4) is 0 Å². The Balaban J connectivity index is 2.09.